The minimum Gasteiger partial charge on any atom is -0.211 e. The number of rotatable bonds is 11. The molecular formula is C16H26BrNO2S. The first-order valence-electron chi connectivity index (χ1n) is 7.81. The molecule has 0 atom stereocenters. The van der Waals surface area contributed by atoms with Crippen molar-refractivity contribution in [3.05, 3.63) is 28.7 Å². The van der Waals surface area contributed by atoms with Crippen molar-refractivity contribution in [1.29, 1.82) is 0 Å². The molecule has 5 heteroatoms. The van der Waals surface area contributed by atoms with Crippen molar-refractivity contribution >= 4 is 26.0 Å². The summed E-state index contributed by atoms with van der Waals surface area (Å²) in [7, 11) is -3.35. The van der Waals surface area contributed by atoms with Crippen LogP contribution in [0, 0.1) is 0 Å². The molecule has 120 valence electrons. The van der Waals surface area contributed by atoms with Gasteiger partial charge in [-0.1, -0.05) is 67.8 Å². The van der Waals surface area contributed by atoms with Gasteiger partial charge in [-0.3, -0.25) is 0 Å². The Balaban J connectivity index is 2.15. The first-order chi connectivity index (χ1) is 10.1. The third-order valence-corrected chi connectivity index (χ3v) is 5.45. The molecule has 0 saturated carbocycles. The van der Waals surface area contributed by atoms with Crippen LogP contribution in [0.1, 0.15) is 58.3 Å². The normalized spacial score (nSPS) is 11.7. The van der Waals surface area contributed by atoms with Gasteiger partial charge in [0, 0.05) is 11.0 Å². The van der Waals surface area contributed by atoms with Crippen LogP contribution in [0.5, 0.6) is 0 Å². The van der Waals surface area contributed by atoms with Crippen LogP contribution < -0.4 is 4.72 Å². The second-order valence-corrected chi connectivity index (χ2v) is 8.01. The minimum absolute atomic E-state index is 0.324. The highest BCUT2D eigenvalue weighted by Crippen LogP contribution is 2.14. The maximum absolute atomic E-state index is 12.0. The first-order valence-corrected chi connectivity index (χ1v) is 10.1. The molecule has 0 fully saturated rings. The van der Waals surface area contributed by atoms with Crippen molar-refractivity contribution < 1.29 is 8.42 Å². The lowest BCUT2D eigenvalue weighted by molar-refractivity contribution is 0.559. The molecule has 0 bridgehead atoms. The molecule has 1 aromatic carbocycles. The monoisotopic (exact) mass is 375 g/mol. The molecule has 3 nitrogen and oxygen atoms in total. The van der Waals surface area contributed by atoms with Gasteiger partial charge >= 0.3 is 0 Å². The van der Waals surface area contributed by atoms with Crippen LogP contribution in [-0.2, 0) is 10.0 Å². The fourth-order valence-electron chi connectivity index (χ4n) is 2.16. The number of hydrogen-bond donors (Lipinski definition) is 1. The van der Waals surface area contributed by atoms with E-state index in [0.717, 1.165) is 17.3 Å². The van der Waals surface area contributed by atoms with Crippen molar-refractivity contribution in [3.8, 4) is 0 Å². The van der Waals surface area contributed by atoms with Crippen molar-refractivity contribution in [2.75, 3.05) is 6.54 Å². The van der Waals surface area contributed by atoms with Crippen LogP contribution >= 0.6 is 15.9 Å². The number of halogens is 1. The number of nitrogens with one attached hydrogen (secondary N) is 1. The molecular weight excluding hydrogens is 350 g/mol. The molecule has 0 saturated heterocycles. The third-order valence-electron chi connectivity index (χ3n) is 3.45. The van der Waals surface area contributed by atoms with Crippen molar-refractivity contribution in [2.45, 2.75) is 63.2 Å². The van der Waals surface area contributed by atoms with Gasteiger partial charge in [0.25, 0.3) is 0 Å². The molecule has 0 radical (unpaired) electrons. The van der Waals surface area contributed by atoms with Gasteiger partial charge in [-0.05, 0) is 30.7 Å². The lowest BCUT2D eigenvalue weighted by Crippen LogP contribution is -2.24. The summed E-state index contributed by atoms with van der Waals surface area (Å²) in [5.74, 6) is 0. The zero-order valence-corrected chi connectivity index (χ0v) is 15.2. The average Bonchev–Trinajstić information content (AvgIpc) is 2.46. The molecule has 0 aliphatic rings. The number of unbranched alkanes of at least 4 members (excludes halogenated alkanes) is 7. The van der Waals surface area contributed by atoms with Crippen LogP contribution in [0.2, 0.25) is 0 Å². The first kappa shape index (κ1) is 18.7. The van der Waals surface area contributed by atoms with Gasteiger partial charge in [0.15, 0.2) is 0 Å². The Labute approximate surface area is 137 Å². The number of hydrogen-bond acceptors (Lipinski definition) is 2. The minimum atomic E-state index is -3.35. The van der Waals surface area contributed by atoms with Gasteiger partial charge in [-0.25, -0.2) is 13.1 Å². The predicted molar refractivity (Wildman–Crippen MR) is 91.9 cm³/mol. The van der Waals surface area contributed by atoms with E-state index in [4.69, 9.17) is 0 Å². The molecule has 21 heavy (non-hydrogen) atoms. The van der Waals surface area contributed by atoms with E-state index in [1.54, 1.807) is 24.3 Å². The summed E-state index contributed by atoms with van der Waals surface area (Å²) >= 11 is 3.30. The second kappa shape index (κ2) is 10.4. The Hall–Kier alpha value is -0.390. The van der Waals surface area contributed by atoms with Gasteiger partial charge in [-0.2, -0.15) is 0 Å². The molecule has 0 spiro atoms. The Kier molecular flexibility index (Phi) is 9.20. The molecule has 0 unspecified atom stereocenters. The molecule has 0 amide bonds. The summed E-state index contributed by atoms with van der Waals surface area (Å²) in [5.41, 5.74) is 0. The fourth-order valence-corrected chi connectivity index (χ4v) is 3.50. The molecule has 1 rings (SSSR count). The number of sulfonamides is 1. The predicted octanol–water partition coefficient (Wildman–Crippen LogP) is 4.87. The summed E-state index contributed by atoms with van der Waals surface area (Å²) in [6, 6.07) is 6.70. The average molecular weight is 376 g/mol. The van der Waals surface area contributed by atoms with Gasteiger partial charge in [0.2, 0.25) is 10.0 Å². The second-order valence-electron chi connectivity index (χ2n) is 5.33. The Morgan fingerprint density at radius 1 is 0.905 bits per heavy atom. The van der Waals surface area contributed by atoms with E-state index in [2.05, 4.69) is 27.6 Å². The summed E-state index contributed by atoms with van der Waals surface area (Å²) in [6.45, 7) is 2.74. The Bertz CT molecular complexity index is 486. The van der Waals surface area contributed by atoms with E-state index in [1.165, 1.54) is 38.5 Å². The zero-order chi connectivity index (χ0) is 15.6. The maximum atomic E-state index is 12.0. The molecule has 0 aliphatic carbocycles. The van der Waals surface area contributed by atoms with Gasteiger partial charge in [0.05, 0.1) is 4.90 Å². The van der Waals surface area contributed by atoms with Gasteiger partial charge in [-0.15, -0.1) is 0 Å². The van der Waals surface area contributed by atoms with E-state index in [1.807, 2.05) is 0 Å². The molecule has 0 aromatic heterocycles. The maximum Gasteiger partial charge on any atom is 0.240 e. The summed E-state index contributed by atoms with van der Waals surface area (Å²) in [4.78, 5) is 0.324. The quantitative estimate of drug-likeness (QED) is 0.560. The topological polar surface area (TPSA) is 46.2 Å². The molecule has 0 aliphatic heterocycles. The van der Waals surface area contributed by atoms with Crippen LogP contribution in [0.3, 0.4) is 0 Å². The molecule has 1 aromatic rings. The highest BCUT2D eigenvalue weighted by molar-refractivity contribution is 9.10. The third kappa shape index (κ3) is 7.98. The van der Waals surface area contributed by atoms with Crippen molar-refractivity contribution in [1.82, 2.24) is 4.72 Å². The van der Waals surface area contributed by atoms with E-state index >= 15 is 0 Å². The van der Waals surface area contributed by atoms with Crippen LogP contribution in [0.15, 0.2) is 33.6 Å². The standard InChI is InChI=1S/C16H26BrNO2S/c1-2-3-4-5-6-7-8-9-14-18-21(19,20)16-12-10-15(17)11-13-16/h10-13,18H,2-9,14H2,1H3. The SMILES string of the molecule is CCCCCCCCCCNS(=O)(=O)c1ccc(Br)cc1. The van der Waals surface area contributed by atoms with Crippen LogP contribution in [0.25, 0.3) is 0 Å². The summed E-state index contributed by atoms with van der Waals surface area (Å²) in [5, 5.41) is 0. The Morgan fingerprint density at radius 2 is 1.43 bits per heavy atom. The van der Waals surface area contributed by atoms with E-state index in [0.29, 0.717) is 11.4 Å². The smallest absolute Gasteiger partial charge is 0.211 e. The van der Waals surface area contributed by atoms with E-state index in [9.17, 15) is 8.42 Å². The Morgan fingerprint density at radius 3 is 2.00 bits per heavy atom. The van der Waals surface area contributed by atoms with Crippen LogP contribution in [0.4, 0.5) is 0 Å². The lowest BCUT2D eigenvalue weighted by Gasteiger charge is -2.07. The van der Waals surface area contributed by atoms with Gasteiger partial charge in [0.1, 0.15) is 0 Å². The van der Waals surface area contributed by atoms with E-state index in [-0.39, 0.29) is 0 Å². The molecule has 1 N–H and O–H groups in total. The largest absolute Gasteiger partial charge is 0.240 e. The highest BCUT2D eigenvalue weighted by Gasteiger charge is 2.12. The lowest BCUT2D eigenvalue weighted by atomic mass is 10.1. The van der Waals surface area contributed by atoms with E-state index < -0.39 is 10.0 Å². The van der Waals surface area contributed by atoms with Crippen LogP contribution in [-0.4, -0.2) is 15.0 Å². The fraction of sp³-hybridized carbons (Fsp3) is 0.625. The van der Waals surface area contributed by atoms with Gasteiger partial charge < -0.3 is 0 Å². The highest BCUT2D eigenvalue weighted by atomic mass is 79.9. The zero-order valence-electron chi connectivity index (χ0n) is 12.8. The van der Waals surface area contributed by atoms with Crippen molar-refractivity contribution in [2.24, 2.45) is 0 Å². The number of benzene rings is 1. The summed E-state index contributed by atoms with van der Waals surface area (Å²) in [6.07, 6.45) is 9.69. The summed E-state index contributed by atoms with van der Waals surface area (Å²) < 4.78 is 27.6. The molecule has 0 heterocycles. The van der Waals surface area contributed by atoms with Crippen molar-refractivity contribution in [3.63, 3.8) is 0 Å².